The van der Waals surface area contributed by atoms with Crippen molar-refractivity contribution in [2.24, 2.45) is 0 Å². The third-order valence-electron chi connectivity index (χ3n) is 4.86. The first-order valence-electron chi connectivity index (χ1n) is 9.94. The molecule has 1 aromatic heterocycles. The lowest BCUT2D eigenvalue weighted by Gasteiger charge is -2.24. The molecule has 1 saturated heterocycles. The number of rotatable bonds is 6. The fraction of sp³-hybridized carbons (Fsp3) is 0.350. The van der Waals surface area contributed by atoms with Crippen LogP contribution in [0.15, 0.2) is 47.5 Å². The standard InChI is InChI=1S/C20H22N4O7S/c25-19(22-12-14-3-1-2-6-21-14)20(26)23-13-18-24(7-8-31-18)32(27,28)15-4-5-16-17(11-15)30-10-9-29-16/h1-6,11,18H,7-10,12-13H2,(H,22,25)(H,23,26)/t18-/m1/s1. The summed E-state index contributed by atoms with van der Waals surface area (Å²) in [4.78, 5) is 28.2. The van der Waals surface area contributed by atoms with Crippen LogP contribution in [0.3, 0.4) is 0 Å². The van der Waals surface area contributed by atoms with Crippen molar-refractivity contribution in [1.29, 1.82) is 0 Å². The Morgan fingerprint density at radius 1 is 1.03 bits per heavy atom. The van der Waals surface area contributed by atoms with E-state index in [0.29, 0.717) is 30.4 Å². The van der Waals surface area contributed by atoms with Gasteiger partial charge >= 0.3 is 11.8 Å². The lowest BCUT2D eigenvalue weighted by molar-refractivity contribution is -0.139. The first-order valence-corrected chi connectivity index (χ1v) is 11.4. The molecule has 1 atom stereocenters. The molecule has 11 nitrogen and oxygen atoms in total. The Balaban J connectivity index is 1.36. The molecule has 0 bridgehead atoms. The van der Waals surface area contributed by atoms with Crippen molar-refractivity contribution in [2.45, 2.75) is 17.7 Å². The highest BCUT2D eigenvalue weighted by atomic mass is 32.2. The summed E-state index contributed by atoms with van der Waals surface area (Å²) in [5, 5.41) is 4.88. The normalized spacial score (nSPS) is 18.2. The number of hydrogen-bond donors (Lipinski definition) is 2. The topological polar surface area (TPSA) is 136 Å². The fourth-order valence-electron chi connectivity index (χ4n) is 3.28. The van der Waals surface area contributed by atoms with E-state index in [1.54, 1.807) is 30.5 Å². The molecule has 0 saturated carbocycles. The number of carbonyl (C=O) groups excluding carboxylic acids is 2. The smallest absolute Gasteiger partial charge is 0.309 e. The van der Waals surface area contributed by atoms with Gasteiger partial charge in [-0.2, -0.15) is 4.31 Å². The van der Waals surface area contributed by atoms with Crippen molar-refractivity contribution in [3.05, 3.63) is 48.3 Å². The Kier molecular flexibility index (Phi) is 6.53. The van der Waals surface area contributed by atoms with Gasteiger partial charge in [0.05, 0.1) is 30.3 Å². The second kappa shape index (κ2) is 9.51. The molecule has 1 fully saturated rings. The maximum Gasteiger partial charge on any atom is 0.309 e. The predicted molar refractivity (Wildman–Crippen MR) is 110 cm³/mol. The Morgan fingerprint density at radius 3 is 2.59 bits per heavy atom. The molecule has 32 heavy (non-hydrogen) atoms. The first kappa shape index (κ1) is 22.0. The van der Waals surface area contributed by atoms with Crippen molar-refractivity contribution in [1.82, 2.24) is 19.9 Å². The zero-order chi connectivity index (χ0) is 22.6. The van der Waals surface area contributed by atoms with Crippen LogP contribution >= 0.6 is 0 Å². The van der Waals surface area contributed by atoms with Crippen LogP contribution in [0.1, 0.15) is 5.69 Å². The van der Waals surface area contributed by atoms with E-state index in [4.69, 9.17) is 14.2 Å². The average molecular weight is 462 g/mol. The second-order valence-electron chi connectivity index (χ2n) is 6.96. The maximum atomic E-state index is 13.1. The highest BCUT2D eigenvalue weighted by Gasteiger charge is 2.37. The monoisotopic (exact) mass is 462 g/mol. The van der Waals surface area contributed by atoms with E-state index >= 15 is 0 Å². The van der Waals surface area contributed by atoms with Gasteiger partial charge in [-0.05, 0) is 24.3 Å². The molecule has 2 aliphatic rings. The predicted octanol–water partition coefficient (Wildman–Crippen LogP) is -0.368. The Labute approximate surface area is 184 Å². The zero-order valence-electron chi connectivity index (χ0n) is 17.0. The molecule has 2 N–H and O–H groups in total. The van der Waals surface area contributed by atoms with E-state index in [2.05, 4.69) is 15.6 Å². The number of aromatic nitrogens is 1. The van der Waals surface area contributed by atoms with Gasteiger partial charge in [0, 0.05) is 18.8 Å². The van der Waals surface area contributed by atoms with E-state index in [-0.39, 0.29) is 31.1 Å². The number of hydrogen-bond acceptors (Lipinski definition) is 8. The molecule has 3 heterocycles. The number of nitrogens with one attached hydrogen (secondary N) is 2. The number of benzene rings is 1. The van der Waals surface area contributed by atoms with Gasteiger partial charge in [-0.25, -0.2) is 8.42 Å². The summed E-state index contributed by atoms with van der Waals surface area (Å²) in [6.07, 6.45) is 0.635. The van der Waals surface area contributed by atoms with Gasteiger partial charge in [-0.3, -0.25) is 14.6 Å². The van der Waals surface area contributed by atoms with Gasteiger partial charge in [-0.15, -0.1) is 0 Å². The number of carbonyl (C=O) groups is 2. The van der Waals surface area contributed by atoms with Crippen LogP contribution in [-0.2, 0) is 30.9 Å². The third kappa shape index (κ3) is 4.82. The van der Waals surface area contributed by atoms with Gasteiger partial charge in [0.1, 0.15) is 19.4 Å². The molecule has 2 aromatic rings. The number of ether oxygens (including phenoxy) is 3. The van der Waals surface area contributed by atoms with Crippen molar-refractivity contribution >= 4 is 21.8 Å². The summed E-state index contributed by atoms with van der Waals surface area (Å²) in [6.45, 7) is 0.924. The minimum Gasteiger partial charge on any atom is -0.486 e. The van der Waals surface area contributed by atoms with Crippen LogP contribution in [0.2, 0.25) is 0 Å². The number of amides is 2. The summed E-state index contributed by atoms with van der Waals surface area (Å²) in [6, 6.07) is 9.60. The third-order valence-corrected chi connectivity index (χ3v) is 6.75. The Bertz CT molecular complexity index is 1090. The molecule has 0 unspecified atom stereocenters. The van der Waals surface area contributed by atoms with Crippen molar-refractivity contribution in [3.63, 3.8) is 0 Å². The summed E-state index contributed by atoms with van der Waals surface area (Å²) in [5.41, 5.74) is 0.601. The minimum absolute atomic E-state index is 0.0247. The summed E-state index contributed by atoms with van der Waals surface area (Å²) >= 11 is 0. The molecular weight excluding hydrogens is 440 g/mol. The molecule has 170 valence electrons. The van der Waals surface area contributed by atoms with E-state index in [1.165, 1.54) is 12.1 Å². The van der Waals surface area contributed by atoms with Crippen LogP contribution in [-0.4, -0.2) is 68.7 Å². The van der Waals surface area contributed by atoms with Crippen molar-refractivity contribution < 1.29 is 32.2 Å². The highest BCUT2D eigenvalue weighted by Crippen LogP contribution is 2.34. The lowest BCUT2D eigenvalue weighted by atomic mass is 10.3. The SMILES string of the molecule is O=C(NCc1ccccn1)C(=O)NC[C@H]1OCCN1S(=O)(=O)c1ccc2c(c1)OCCO2. The van der Waals surface area contributed by atoms with E-state index < -0.39 is 28.1 Å². The molecule has 12 heteroatoms. The quantitative estimate of drug-likeness (QED) is 0.555. The molecular formula is C20H22N4O7S. The average Bonchev–Trinajstić information content (AvgIpc) is 3.31. The van der Waals surface area contributed by atoms with E-state index in [1.807, 2.05) is 0 Å². The van der Waals surface area contributed by atoms with Gasteiger partial charge < -0.3 is 24.8 Å². The highest BCUT2D eigenvalue weighted by molar-refractivity contribution is 7.89. The summed E-state index contributed by atoms with van der Waals surface area (Å²) in [7, 11) is -3.92. The number of fused-ring (bicyclic) bond motifs is 1. The Hall–Kier alpha value is -3.22. The van der Waals surface area contributed by atoms with Crippen LogP contribution in [0, 0.1) is 0 Å². The molecule has 0 aliphatic carbocycles. The lowest BCUT2D eigenvalue weighted by Crippen LogP contribution is -2.47. The van der Waals surface area contributed by atoms with Crippen LogP contribution in [0.4, 0.5) is 0 Å². The van der Waals surface area contributed by atoms with Crippen LogP contribution in [0.5, 0.6) is 11.5 Å². The molecule has 0 spiro atoms. The van der Waals surface area contributed by atoms with Crippen molar-refractivity contribution in [2.75, 3.05) is 32.9 Å². The van der Waals surface area contributed by atoms with E-state index in [0.717, 1.165) is 4.31 Å². The van der Waals surface area contributed by atoms with Crippen LogP contribution < -0.4 is 20.1 Å². The largest absolute Gasteiger partial charge is 0.486 e. The first-order chi connectivity index (χ1) is 15.4. The summed E-state index contributed by atoms with van der Waals surface area (Å²) < 4.78 is 43.8. The van der Waals surface area contributed by atoms with Crippen molar-refractivity contribution in [3.8, 4) is 11.5 Å². The van der Waals surface area contributed by atoms with Crippen LogP contribution in [0.25, 0.3) is 0 Å². The number of sulfonamides is 1. The number of pyridine rings is 1. The van der Waals surface area contributed by atoms with Gasteiger partial charge in [0.25, 0.3) is 0 Å². The minimum atomic E-state index is -3.92. The molecule has 4 rings (SSSR count). The molecule has 0 radical (unpaired) electrons. The second-order valence-corrected chi connectivity index (χ2v) is 8.85. The van der Waals surface area contributed by atoms with Gasteiger partial charge in [0.2, 0.25) is 10.0 Å². The number of nitrogens with zero attached hydrogens (tertiary/aromatic N) is 2. The fourth-order valence-corrected chi connectivity index (χ4v) is 4.80. The molecule has 1 aromatic carbocycles. The molecule has 2 amide bonds. The van der Waals surface area contributed by atoms with Gasteiger partial charge in [0.15, 0.2) is 11.5 Å². The zero-order valence-corrected chi connectivity index (χ0v) is 17.8. The molecule has 2 aliphatic heterocycles. The summed E-state index contributed by atoms with van der Waals surface area (Å²) in [5.74, 6) is -0.914. The maximum absolute atomic E-state index is 13.1. The Morgan fingerprint density at radius 2 is 1.81 bits per heavy atom. The van der Waals surface area contributed by atoms with E-state index in [9.17, 15) is 18.0 Å². The van der Waals surface area contributed by atoms with Gasteiger partial charge in [-0.1, -0.05) is 6.07 Å².